The van der Waals surface area contributed by atoms with Gasteiger partial charge in [0.05, 0.1) is 6.61 Å². The molecule has 0 spiro atoms. The molecule has 1 aromatic heterocycles. The van der Waals surface area contributed by atoms with Crippen LogP contribution >= 0.6 is 0 Å². The molecular formula is C13H20FNO. The van der Waals surface area contributed by atoms with Crippen LogP contribution in [0.25, 0.3) is 0 Å². The number of hydrogen-bond acceptors (Lipinski definition) is 2. The lowest BCUT2D eigenvalue weighted by atomic mass is 10.0. The molecule has 2 nitrogen and oxygen atoms in total. The highest BCUT2D eigenvalue weighted by Crippen LogP contribution is 2.16. The first-order valence-corrected chi connectivity index (χ1v) is 6.00. The van der Waals surface area contributed by atoms with Crippen LogP contribution in [0.1, 0.15) is 39.5 Å². The number of aromatic nitrogens is 1. The fourth-order valence-electron chi connectivity index (χ4n) is 1.59. The molecule has 0 amide bonds. The molecule has 0 saturated heterocycles. The third kappa shape index (κ3) is 4.60. The Balaban J connectivity index is 2.37. The Kier molecular flexibility index (Phi) is 5.83. The van der Waals surface area contributed by atoms with Crippen molar-refractivity contribution in [3.05, 3.63) is 24.3 Å². The van der Waals surface area contributed by atoms with Gasteiger partial charge in [0.2, 0.25) is 5.95 Å². The van der Waals surface area contributed by atoms with E-state index in [1.54, 1.807) is 6.07 Å². The maximum Gasteiger partial charge on any atom is 0.216 e. The molecule has 0 aromatic carbocycles. The quantitative estimate of drug-likeness (QED) is 0.658. The van der Waals surface area contributed by atoms with E-state index in [1.165, 1.54) is 31.5 Å². The standard InChI is InChI=1S/C13H20FNO/c1-3-5-6-11(4-2)10-16-12-7-8-15-13(14)9-12/h7-9,11H,3-6,10H2,1-2H3. The smallest absolute Gasteiger partial charge is 0.216 e. The van der Waals surface area contributed by atoms with Crippen molar-refractivity contribution in [3.63, 3.8) is 0 Å². The van der Waals surface area contributed by atoms with Gasteiger partial charge in [0.1, 0.15) is 5.75 Å². The van der Waals surface area contributed by atoms with Crippen LogP contribution in [0.2, 0.25) is 0 Å². The van der Waals surface area contributed by atoms with Crippen molar-refractivity contribution in [1.82, 2.24) is 4.98 Å². The van der Waals surface area contributed by atoms with Gasteiger partial charge in [0.25, 0.3) is 0 Å². The van der Waals surface area contributed by atoms with Gasteiger partial charge in [0.15, 0.2) is 0 Å². The van der Waals surface area contributed by atoms with Crippen LogP contribution in [-0.2, 0) is 0 Å². The number of unbranched alkanes of at least 4 members (excludes halogenated alkanes) is 1. The third-order valence-corrected chi connectivity index (χ3v) is 2.73. The molecule has 0 fully saturated rings. The van der Waals surface area contributed by atoms with Gasteiger partial charge in [-0.2, -0.15) is 4.39 Å². The average molecular weight is 225 g/mol. The number of rotatable bonds is 7. The van der Waals surface area contributed by atoms with E-state index in [0.717, 1.165) is 6.42 Å². The summed E-state index contributed by atoms with van der Waals surface area (Å²) in [6.07, 6.45) is 6.15. The molecule has 3 heteroatoms. The number of nitrogens with zero attached hydrogens (tertiary/aromatic N) is 1. The van der Waals surface area contributed by atoms with Crippen molar-refractivity contribution in [3.8, 4) is 5.75 Å². The Bertz CT molecular complexity index is 304. The topological polar surface area (TPSA) is 22.1 Å². The van der Waals surface area contributed by atoms with E-state index in [4.69, 9.17) is 4.74 Å². The Morgan fingerprint density at radius 3 is 2.88 bits per heavy atom. The van der Waals surface area contributed by atoms with Crippen LogP contribution in [0.3, 0.4) is 0 Å². The summed E-state index contributed by atoms with van der Waals surface area (Å²) in [4.78, 5) is 3.49. The molecule has 0 N–H and O–H groups in total. The van der Waals surface area contributed by atoms with E-state index in [-0.39, 0.29) is 0 Å². The molecule has 0 radical (unpaired) electrons. The minimum Gasteiger partial charge on any atom is -0.493 e. The highest BCUT2D eigenvalue weighted by Gasteiger charge is 2.07. The summed E-state index contributed by atoms with van der Waals surface area (Å²) in [6, 6.07) is 3.02. The van der Waals surface area contributed by atoms with E-state index in [2.05, 4.69) is 18.8 Å². The molecule has 90 valence electrons. The summed E-state index contributed by atoms with van der Waals surface area (Å²) in [5.41, 5.74) is 0. The fourth-order valence-corrected chi connectivity index (χ4v) is 1.59. The first kappa shape index (κ1) is 12.9. The second-order valence-corrected chi connectivity index (χ2v) is 4.04. The molecule has 1 rings (SSSR count). The lowest BCUT2D eigenvalue weighted by Gasteiger charge is -2.15. The van der Waals surface area contributed by atoms with Gasteiger partial charge in [-0.05, 0) is 18.4 Å². The summed E-state index contributed by atoms with van der Waals surface area (Å²) in [5.74, 6) is 0.651. The van der Waals surface area contributed by atoms with E-state index in [9.17, 15) is 4.39 Å². The van der Waals surface area contributed by atoms with E-state index in [0.29, 0.717) is 18.3 Å². The second kappa shape index (κ2) is 7.20. The number of pyridine rings is 1. The predicted octanol–water partition coefficient (Wildman–Crippen LogP) is 3.82. The van der Waals surface area contributed by atoms with Crippen LogP contribution in [0, 0.1) is 11.9 Å². The van der Waals surface area contributed by atoms with E-state index < -0.39 is 5.95 Å². The Hall–Kier alpha value is -1.12. The summed E-state index contributed by atoms with van der Waals surface area (Å²) >= 11 is 0. The lowest BCUT2D eigenvalue weighted by Crippen LogP contribution is -2.11. The van der Waals surface area contributed by atoms with Crippen molar-refractivity contribution < 1.29 is 9.13 Å². The molecule has 0 saturated carbocycles. The monoisotopic (exact) mass is 225 g/mol. The average Bonchev–Trinajstić information content (AvgIpc) is 2.29. The summed E-state index contributed by atoms with van der Waals surface area (Å²) in [7, 11) is 0. The number of halogens is 1. The summed E-state index contributed by atoms with van der Waals surface area (Å²) in [6.45, 7) is 5.02. The van der Waals surface area contributed by atoms with Gasteiger partial charge < -0.3 is 4.74 Å². The van der Waals surface area contributed by atoms with Gasteiger partial charge in [-0.15, -0.1) is 0 Å². The zero-order chi connectivity index (χ0) is 11.8. The third-order valence-electron chi connectivity index (χ3n) is 2.73. The fraction of sp³-hybridized carbons (Fsp3) is 0.615. The number of ether oxygens (including phenoxy) is 1. The lowest BCUT2D eigenvalue weighted by molar-refractivity contribution is 0.232. The molecule has 1 unspecified atom stereocenters. The molecule has 1 heterocycles. The minimum atomic E-state index is -0.487. The van der Waals surface area contributed by atoms with Crippen molar-refractivity contribution in [2.75, 3.05) is 6.61 Å². The molecule has 0 aliphatic carbocycles. The second-order valence-electron chi connectivity index (χ2n) is 4.04. The zero-order valence-corrected chi connectivity index (χ0v) is 10.1. The highest BCUT2D eigenvalue weighted by molar-refractivity contribution is 5.17. The van der Waals surface area contributed by atoms with Crippen LogP contribution in [0.15, 0.2) is 18.3 Å². The molecule has 16 heavy (non-hydrogen) atoms. The van der Waals surface area contributed by atoms with Crippen molar-refractivity contribution >= 4 is 0 Å². The molecule has 0 aliphatic rings. The molecule has 0 aliphatic heterocycles. The van der Waals surface area contributed by atoms with Gasteiger partial charge in [0, 0.05) is 12.3 Å². The van der Waals surface area contributed by atoms with Gasteiger partial charge in [-0.3, -0.25) is 0 Å². The number of hydrogen-bond donors (Lipinski definition) is 0. The predicted molar refractivity (Wildman–Crippen MR) is 63.0 cm³/mol. The van der Waals surface area contributed by atoms with Crippen LogP contribution in [-0.4, -0.2) is 11.6 Å². The Morgan fingerprint density at radius 1 is 1.44 bits per heavy atom. The highest BCUT2D eigenvalue weighted by atomic mass is 19.1. The normalized spacial score (nSPS) is 12.4. The van der Waals surface area contributed by atoms with Crippen molar-refractivity contribution in [1.29, 1.82) is 0 Å². The summed E-state index contributed by atoms with van der Waals surface area (Å²) < 4.78 is 18.3. The van der Waals surface area contributed by atoms with Crippen LogP contribution in [0.5, 0.6) is 5.75 Å². The zero-order valence-electron chi connectivity index (χ0n) is 10.1. The summed E-state index contributed by atoms with van der Waals surface area (Å²) in [5, 5.41) is 0. The molecule has 0 bridgehead atoms. The Labute approximate surface area is 96.8 Å². The minimum absolute atomic E-state index is 0.487. The van der Waals surface area contributed by atoms with Crippen LogP contribution < -0.4 is 4.74 Å². The van der Waals surface area contributed by atoms with Crippen molar-refractivity contribution in [2.24, 2.45) is 5.92 Å². The first-order chi connectivity index (χ1) is 7.76. The maximum atomic E-state index is 12.8. The first-order valence-electron chi connectivity index (χ1n) is 6.00. The Morgan fingerprint density at radius 2 is 2.25 bits per heavy atom. The maximum absolute atomic E-state index is 12.8. The SMILES string of the molecule is CCCCC(CC)COc1ccnc(F)c1. The van der Waals surface area contributed by atoms with Gasteiger partial charge in [-0.25, -0.2) is 4.98 Å². The molecule has 1 aromatic rings. The largest absolute Gasteiger partial charge is 0.493 e. The van der Waals surface area contributed by atoms with Gasteiger partial charge in [-0.1, -0.05) is 33.1 Å². The van der Waals surface area contributed by atoms with Crippen molar-refractivity contribution in [2.45, 2.75) is 39.5 Å². The van der Waals surface area contributed by atoms with E-state index in [1.807, 2.05) is 0 Å². The van der Waals surface area contributed by atoms with E-state index >= 15 is 0 Å². The van der Waals surface area contributed by atoms with Crippen LogP contribution in [0.4, 0.5) is 4.39 Å². The molecular weight excluding hydrogens is 205 g/mol. The molecule has 1 atom stereocenters. The van der Waals surface area contributed by atoms with Gasteiger partial charge >= 0.3 is 0 Å².